The van der Waals surface area contributed by atoms with Gasteiger partial charge in [0.05, 0.1) is 0 Å². The zero-order valence-electron chi connectivity index (χ0n) is 13.3. The number of hydrogen-bond acceptors (Lipinski definition) is 2. The molecule has 2 rings (SSSR count). The van der Waals surface area contributed by atoms with Gasteiger partial charge < -0.3 is 10.6 Å². The third-order valence-electron chi connectivity index (χ3n) is 4.15. The second kappa shape index (κ2) is 11.2. The second-order valence-corrected chi connectivity index (χ2v) is 8.82. The SMILES string of the molecule is NC1CCCCC1.O=P(O)(N(CCCl)CCCl)N1CCCC1. The first-order valence-electron chi connectivity index (χ1n) is 8.23. The van der Waals surface area contributed by atoms with Crippen LogP contribution in [0.4, 0.5) is 0 Å². The van der Waals surface area contributed by atoms with E-state index in [1.165, 1.54) is 36.8 Å². The first kappa shape index (κ1) is 20.7. The molecule has 1 atom stereocenters. The van der Waals surface area contributed by atoms with Gasteiger partial charge >= 0.3 is 7.67 Å². The van der Waals surface area contributed by atoms with Gasteiger partial charge in [0.25, 0.3) is 0 Å². The summed E-state index contributed by atoms with van der Waals surface area (Å²) in [5.41, 5.74) is 5.63. The van der Waals surface area contributed by atoms with Crippen molar-refractivity contribution < 1.29 is 9.46 Å². The third kappa shape index (κ3) is 7.04. The average Bonchev–Trinajstić information content (AvgIpc) is 3.03. The Morgan fingerprint density at radius 1 is 1.05 bits per heavy atom. The predicted molar refractivity (Wildman–Crippen MR) is 94.7 cm³/mol. The van der Waals surface area contributed by atoms with Crippen molar-refractivity contribution in [3.63, 3.8) is 0 Å². The van der Waals surface area contributed by atoms with E-state index in [1.54, 1.807) is 4.67 Å². The maximum Gasteiger partial charge on any atom is 0.343 e. The van der Waals surface area contributed by atoms with Crippen LogP contribution in [0.2, 0.25) is 0 Å². The normalized spacial score (nSPS) is 23.1. The molecule has 0 aromatic heterocycles. The first-order chi connectivity index (χ1) is 10.5. The van der Waals surface area contributed by atoms with Crippen LogP contribution in [0.3, 0.4) is 0 Å². The molecule has 22 heavy (non-hydrogen) atoms. The first-order valence-corrected chi connectivity index (χ1v) is 10.9. The Kier molecular flexibility index (Phi) is 10.6. The van der Waals surface area contributed by atoms with Crippen LogP contribution < -0.4 is 5.73 Å². The topological polar surface area (TPSA) is 69.8 Å². The highest BCUT2D eigenvalue weighted by molar-refractivity contribution is 7.52. The maximum atomic E-state index is 12.2. The Balaban J connectivity index is 0.000000287. The van der Waals surface area contributed by atoms with Crippen LogP contribution >= 0.6 is 30.9 Å². The van der Waals surface area contributed by atoms with Gasteiger partial charge in [0.15, 0.2) is 0 Å². The van der Waals surface area contributed by atoms with Gasteiger partial charge in [0.2, 0.25) is 0 Å². The molecule has 1 saturated heterocycles. The molecule has 132 valence electrons. The van der Waals surface area contributed by atoms with Crippen molar-refractivity contribution in [2.24, 2.45) is 5.73 Å². The van der Waals surface area contributed by atoms with Crippen molar-refractivity contribution >= 4 is 30.9 Å². The van der Waals surface area contributed by atoms with Gasteiger partial charge in [0, 0.05) is 44.0 Å². The quantitative estimate of drug-likeness (QED) is 0.552. The second-order valence-electron chi connectivity index (χ2n) is 5.90. The molecule has 1 aliphatic heterocycles. The Labute approximate surface area is 144 Å². The van der Waals surface area contributed by atoms with E-state index < -0.39 is 7.67 Å². The van der Waals surface area contributed by atoms with Crippen LogP contribution in [0.1, 0.15) is 44.9 Å². The minimum absolute atomic E-state index is 0.343. The maximum absolute atomic E-state index is 12.2. The lowest BCUT2D eigenvalue weighted by Gasteiger charge is -2.31. The summed E-state index contributed by atoms with van der Waals surface area (Å²) in [6.45, 7) is 2.18. The highest BCUT2D eigenvalue weighted by Crippen LogP contribution is 2.50. The van der Waals surface area contributed by atoms with Gasteiger partial charge in [-0.05, 0) is 25.7 Å². The van der Waals surface area contributed by atoms with Crippen molar-refractivity contribution in [2.75, 3.05) is 37.9 Å². The average molecular weight is 374 g/mol. The van der Waals surface area contributed by atoms with Gasteiger partial charge in [-0.2, -0.15) is 0 Å². The van der Waals surface area contributed by atoms with E-state index in [4.69, 9.17) is 28.9 Å². The fourth-order valence-electron chi connectivity index (χ4n) is 2.84. The van der Waals surface area contributed by atoms with Crippen LogP contribution in [0.25, 0.3) is 0 Å². The van der Waals surface area contributed by atoms with Crippen LogP contribution in [0, 0.1) is 0 Å². The smallest absolute Gasteiger partial charge is 0.328 e. The van der Waals surface area contributed by atoms with E-state index in [0.717, 1.165) is 12.8 Å². The van der Waals surface area contributed by atoms with Crippen LogP contribution in [0.15, 0.2) is 0 Å². The highest BCUT2D eigenvalue weighted by Gasteiger charge is 2.36. The molecular formula is C14H30Cl2N3O2P. The molecule has 0 radical (unpaired) electrons. The molecule has 0 bridgehead atoms. The number of halogens is 2. The lowest BCUT2D eigenvalue weighted by atomic mass is 9.97. The molecule has 0 aromatic carbocycles. The minimum Gasteiger partial charge on any atom is -0.328 e. The summed E-state index contributed by atoms with van der Waals surface area (Å²) in [6.07, 6.45) is 8.64. The summed E-state index contributed by atoms with van der Waals surface area (Å²) in [5.74, 6) is 0.685. The van der Waals surface area contributed by atoms with Gasteiger partial charge in [0.1, 0.15) is 0 Å². The van der Waals surface area contributed by atoms with E-state index in [9.17, 15) is 9.46 Å². The monoisotopic (exact) mass is 373 g/mol. The fraction of sp³-hybridized carbons (Fsp3) is 1.00. The summed E-state index contributed by atoms with van der Waals surface area (Å²) in [5, 5.41) is 0. The summed E-state index contributed by atoms with van der Waals surface area (Å²) in [7, 11) is -3.39. The fourth-order valence-corrected chi connectivity index (χ4v) is 5.37. The van der Waals surface area contributed by atoms with E-state index in [0.29, 0.717) is 44.0 Å². The molecule has 1 unspecified atom stereocenters. The zero-order chi connectivity index (χ0) is 16.4. The van der Waals surface area contributed by atoms with E-state index in [2.05, 4.69) is 0 Å². The molecule has 1 aliphatic carbocycles. The number of nitrogens with two attached hydrogens (primary N) is 1. The Morgan fingerprint density at radius 3 is 1.91 bits per heavy atom. The third-order valence-corrected chi connectivity index (χ3v) is 6.77. The summed E-state index contributed by atoms with van der Waals surface area (Å²) >= 11 is 11.2. The van der Waals surface area contributed by atoms with Crippen molar-refractivity contribution in [1.82, 2.24) is 9.34 Å². The van der Waals surface area contributed by atoms with E-state index in [1.807, 2.05) is 0 Å². The highest BCUT2D eigenvalue weighted by atomic mass is 35.5. The summed E-state index contributed by atoms with van der Waals surface area (Å²) < 4.78 is 15.3. The number of alkyl halides is 2. The lowest BCUT2D eigenvalue weighted by molar-refractivity contribution is 0.298. The Bertz CT molecular complexity index is 332. The van der Waals surface area contributed by atoms with E-state index in [-0.39, 0.29) is 0 Å². The van der Waals surface area contributed by atoms with Gasteiger partial charge in [-0.1, -0.05) is 19.3 Å². The molecule has 5 nitrogen and oxygen atoms in total. The van der Waals surface area contributed by atoms with Crippen molar-refractivity contribution in [3.05, 3.63) is 0 Å². The largest absolute Gasteiger partial charge is 0.343 e. The molecular weight excluding hydrogens is 344 g/mol. The summed E-state index contributed by atoms with van der Waals surface area (Å²) in [6, 6.07) is 0.536. The Hall–Kier alpha value is 0.650. The molecule has 8 heteroatoms. The standard InChI is InChI=1S/C8H17Cl2N2O2P.C6H13N/c9-3-7-12(8-4-10)15(13,14)11-5-1-2-6-11;7-6-4-2-1-3-5-6/h1-8H2,(H,13,14);6H,1-5,7H2. The molecule has 1 saturated carbocycles. The molecule has 2 aliphatic rings. The van der Waals surface area contributed by atoms with Crippen LogP contribution in [0.5, 0.6) is 0 Å². The van der Waals surface area contributed by atoms with E-state index >= 15 is 0 Å². The molecule has 1 heterocycles. The van der Waals surface area contributed by atoms with Crippen LogP contribution in [-0.2, 0) is 4.57 Å². The number of hydrogen-bond donors (Lipinski definition) is 2. The van der Waals surface area contributed by atoms with Gasteiger partial charge in [-0.15, -0.1) is 23.2 Å². The van der Waals surface area contributed by atoms with Crippen molar-refractivity contribution in [2.45, 2.75) is 51.0 Å². The lowest BCUT2D eigenvalue weighted by Crippen LogP contribution is -2.32. The van der Waals surface area contributed by atoms with Gasteiger partial charge in [-0.3, -0.25) is 4.57 Å². The molecule has 2 fully saturated rings. The zero-order valence-corrected chi connectivity index (χ0v) is 15.7. The Morgan fingerprint density at radius 2 is 1.55 bits per heavy atom. The molecule has 0 amide bonds. The van der Waals surface area contributed by atoms with Crippen LogP contribution in [-0.4, -0.2) is 58.2 Å². The molecule has 0 spiro atoms. The number of rotatable bonds is 6. The number of nitrogens with zero attached hydrogens (tertiary/aromatic N) is 2. The molecule has 0 aromatic rings. The van der Waals surface area contributed by atoms with Crippen molar-refractivity contribution in [3.8, 4) is 0 Å². The summed E-state index contributed by atoms with van der Waals surface area (Å²) in [4.78, 5) is 10.0. The minimum atomic E-state index is -3.39. The molecule has 3 N–H and O–H groups in total. The van der Waals surface area contributed by atoms with Crippen molar-refractivity contribution in [1.29, 1.82) is 0 Å². The predicted octanol–water partition coefficient (Wildman–Crippen LogP) is 3.24. The van der Waals surface area contributed by atoms with Gasteiger partial charge in [-0.25, -0.2) is 9.34 Å².